The quantitative estimate of drug-likeness (QED) is 0.473. The lowest BCUT2D eigenvalue weighted by Crippen LogP contribution is -2.42. The Hall–Kier alpha value is -1.95. The number of rotatable bonds is 11. The Morgan fingerprint density at radius 1 is 1.34 bits per heavy atom. The normalized spacial score (nSPS) is 16.9. The molecule has 0 saturated heterocycles. The highest BCUT2D eigenvalue weighted by Gasteiger charge is 2.30. The number of nitrogens with two attached hydrogens (primary N) is 2. The molecule has 1 aromatic heterocycles. The van der Waals surface area contributed by atoms with Crippen molar-refractivity contribution in [2.75, 3.05) is 12.3 Å². The van der Waals surface area contributed by atoms with Crippen LogP contribution in [-0.2, 0) is 23.1 Å². The maximum atomic E-state index is 13.5. The van der Waals surface area contributed by atoms with Gasteiger partial charge in [-0.3, -0.25) is 4.90 Å². The Morgan fingerprint density at radius 2 is 2.00 bits per heavy atom. The second kappa shape index (κ2) is 12.9. The van der Waals surface area contributed by atoms with Crippen molar-refractivity contribution in [3.63, 3.8) is 0 Å². The monoisotopic (exact) mass is 477 g/mol. The number of fused-ring (bicyclic) bond motifs is 1. The van der Waals surface area contributed by atoms with Gasteiger partial charge in [0.2, 0.25) is 0 Å². The van der Waals surface area contributed by atoms with Crippen LogP contribution in [0, 0.1) is 0 Å². The lowest BCUT2D eigenvalue weighted by molar-refractivity contribution is 0.182. The Kier molecular flexibility index (Phi) is 11.3. The molecule has 2 atom stereocenters. The highest BCUT2D eigenvalue weighted by molar-refractivity contribution is 7.89. The van der Waals surface area contributed by atoms with Crippen LogP contribution in [0.15, 0.2) is 42.4 Å². The van der Waals surface area contributed by atoms with Gasteiger partial charge in [-0.2, -0.15) is 9.19 Å². The smallest absolute Gasteiger partial charge is 0.253 e. The van der Waals surface area contributed by atoms with Crippen molar-refractivity contribution in [3.8, 4) is 0 Å². The first kappa shape index (κ1) is 28.1. The Morgan fingerprint density at radius 3 is 2.50 bits per heavy atom. The lowest BCUT2D eigenvalue weighted by atomic mass is 9.98. The molecular weight excluding hydrogens is 443 g/mol. The van der Waals surface area contributed by atoms with Gasteiger partial charge in [-0.1, -0.05) is 27.4 Å². The van der Waals surface area contributed by atoms with Gasteiger partial charge in [0, 0.05) is 43.5 Å². The zero-order chi connectivity index (χ0) is 24.5. The van der Waals surface area contributed by atoms with Crippen LogP contribution >= 0.6 is 0 Å². The molecule has 1 aliphatic rings. The number of nitrogens with zero attached hydrogens (tertiary/aromatic N) is 3. The van der Waals surface area contributed by atoms with Gasteiger partial charge in [-0.25, -0.2) is 21.6 Å². The van der Waals surface area contributed by atoms with Crippen molar-refractivity contribution < 1.29 is 21.6 Å². The first-order valence-corrected chi connectivity index (χ1v) is 12.2. The van der Waals surface area contributed by atoms with E-state index in [1.807, 2.05) is 18.7 Å². The van der Waals surface area contributed by atoms with Gasteiger partial charge < -0.3 is 11.5 Å². The third-order valence-electron chi connectivity index (χ3n) is 4.94. The molecule has 0 radical (unpaired) electrons. The van der Waals surface area contributed by atoms with Crippen molar-refractivity contribution in [3.05, 3.63) is 53.7 Å². The standard InChI is InChI=1S/C19H28F3N5O2S.C2H6/c1-3-4-30(28,29)27-11-15-10-26(12-19(15)25-27)18(9-23)7-17(24)6-14(13(2)21)5-16(22)8-20;1-2/h5,8,11,17-18H,2-4,6-7,9-10,12,23-24H2,1H3;1-2H3/b14-5-,16-8-;/t17-,18-;/m1./s1. The molecule has 0 fully saturated rings. The molecule has 182 valence electrons. The summed E-state index contributed by atoms with van der Waals surface area (Å²) in [5, 5.41) is 4.20. The van der Waals surface area contributed by atoms with E-state index in [0.29, 0.717) is 31.6 Å². The van der Waals surface area contributed by atoms with Gasteiger partial charge in [0.1, 0.15) is 12.2 Å². The predicted molar refractivity (Wildman–Crippen MR) is 121 cm³/mol. The molecule has 4 N–H and O–H groups in total. The summed E-state index contributed by atoms with van der Waals surface area (Å²) >= 11 is 0. The van der Waals surface area contributed by atoms with Crippen LogP contribution in [0.3, 0.4) is 0 Å². The summed E-state index contributed by atoms with van der Waals surface area (Å²) in [6.45, 7) is 10.1. The topological polar surface area (TPSA) is 107 Å². The Balaban J connectivity index is 0.00000249. The fraction of sp³-hybridized carbons (Fsp3) is 0.571. The molecule has 0 amide bonds. The third kappa shape index (κ3) is 7.58. The van der Waals surface area contributed by atoms with Crippen LogP contribution in [0.1, 0.15) is 51.3 Å². The minimum Gasteiger partial charge on any atom is -0.329 e. The number of aromatic nitrogens is 2. The molecule has 2 heterocycles. The van der Waals surface area contributed by atoms with Crippen molar-refractivity contribution in [2.24, 2.45) is 11.5 Å². The summed E-state index contributed by atoms with van der Waals surface area (Å²) in [5.41, 5.74) is 13.3. The number of halogens is 3. The van der Waals surface area contributed by atoms with Crippen LogP contribution in [0.2, 0.25) is 0 Å². The van der Waals surface area contributed by atoms with Crippen molar-refractivity contribution >= 4 is 10.0 Å². The minimum absolute atomic E-state index is 0.0193. The number of hydrogen-bond acceptors (Lipinski definition) is 6. The maximum Gasteiger partial charge on any atom is 0.253 e. The molecule has 0 spiro atoms. The highest BCUT2D eigenvalue weighted by atomic mass is 32.2. The highest BCUT2D eigenvalue weighted by Crippen LogP contribution is 2.27. The number of hydrogen-bond donors (Lipinski definition) is 2. The van der Waals surface area contributed by atoms with Crippen LogP contribution in [0.4, 0.5) is 13.2 Å². The van der Waals surface area contributed by atoms with Gasteiger partial charge >= 0.3 is 0 Å². The fourth-order valence-corrected chi connectivity index (χ4v) is 4.67. The summed E-state index contributed by atoms with van der Waals surface area (Å²) in [6, 6.07) is -0.743. The second-order valence-corrected chi connectivity index (χ2v) is 9.30. The van der Waals surface area contributed by atoms with E-state index in [4.69, 9.17) is 11.5 Å². The average molecular weight is 478 g/mol. The fourth-order valence-electron chi connectivity index (χ4n) is 3.46. The molecule has 1 aromatic rings. The Labute approximate surface area is 188 Å². The molecule has 0 aromatic carbocycles. The first-order valence-electron chi connectivity index (χ1n) is 10.6. The number of allylic oxidation sites excluding steroid dienone is 3. The van der Waals surface area contributed by atoms with Gasteiger partial charge in [-0.05, 0) is 30.9 Å². The lowest BCUT2D eigenvalue weighted by Gasteiger charge is -2.29. The summed E-state index contributed by atoms with van der Waals surface area (Å²) in [5.74, 6) is -2.08. The molecule has 7 nitrogen and oxygen atoms in total. The first-order chi connectivity index (χ1) is 15.1. The molecule has 11 heteroatoms. The van der Waals surface area contributed by atoms with Crippen LogP contribution < -0.4 is 11.5 Å². The SMILES string of the molecule is C=C(F)/C(=C\C(F)=C\F)C[C@@H](N)C[C@H](CN)N1Cc2cn(S(=O)(=O)CCC)nc2C1.CC. The molecule has 2 rings (SSSR count). The van der Waals surface area contributed by atoms with Gasteiger partial charge in [-0.15, -0.1) is 0 Å². The predicted octanol–water partition coefficient (Wildman–Crippen LogP) is 3.44. The molecule has 0 unspecified atom stereocenters. The minimum atomic E-state index is -3.45. The summed E-state index contributed by atoms with van der Waals surface area (Å²) in [4.78, 5) is 2.02. The van der Waals surface area contributed by atoms with Crippen LogP contribution in [-0.4, -0.2) is 46.9 Å². The van der Waals surface area contributed by atoms with E-state index in [0.717, 1.165) is 15.7 Å². The van der Waals surface area contributed by atoms with Crippen molar-refractivity contribution in [1.82, 2.24) is 14.1 Å². The second-order valence-electron chi connectivity index (χ2n) is 7.35. The maximum absolute atomic E-state index is 13.5. The Bertz CT molecular complexity index is 904. The summed E-state index contributed by atoms with van der Waals surface area (Å²) in [6.07, 6.45) is 2.82. The third-order valence-corrected chi connectivity index (χ3v) is 6.62. The zero-order valence-electron chi connectivity index (χ0n) is 18.9. The van der Waals surface area contributed by atoms with E-state index in [-0.39, 0.29) is 36.7 Å². The molecule has 32 heavy (non-hydrogen) atoms. The largest absolute Gasteiger partial charge is 0.329 e. The molecule has 0 bridgehead atoms. The van der Waals surface area contributed by atoms with E-state index in [2.05, 4.69) is 11.7 Å². The molecule has 0 aliphatic carbocycles. The van der Waals surface area contributed by atoms with E-state index < -0.39 is 27.7 Å². The van der Waals surface area contributed by atoms with Crippen LogP contribution in [0.25, 0.3) is 0 Å². The summed E-state index contributed by atoms with van der Waals surface area (Å²) < 4.78 is 64.3. The van der Waals surface area contributed by atoms with Gasteiger partial charge in [0.25, 0.3) is 10.0 Å². The van der Waals surface area contributed by atoms with Crippen molar-refractivity contribution in [2.45, 2.75) is 65.2 Å². The molecule has 1 aliphatic heterocycles. The van der Waals surface area contributed by atoms with E-state index >= 15 is 0 Å². The van der Waals surface area contributed by atoms with Crippen molar-refractivity contribution in [1.29, 1.82) is 0 Å². The molecule has 0 saturated carbocycles. The van der Waals surface area contributed by atoms with Gasteiger partial charge in [0.05, 0.1) is 11.4 Å². The zero-order valence-corrected chi connectivity index (χ0v) is 19.7. The molecular formula is C21H34F3N5O2S. The van der Waals surface area contributed by atoms with Crippen LogP contribution in [0.5, 0.6) is 0 Å². The van der Waals surface area contributed by atoms with E-state index in [9.17, 15) is 21.6 Å². The van der Waals surface area contributed by atoms with E-state index in [1.54, 1.807) is 6.92 Å². The van der Waals surface area contributed by atoms with E-state index in [1.165, 1.54) is 6.20 Å². The van der Waals surface area contributed by atoms with Gasteiger partial charge in [0.15, 0.2) is 5.83 Å². The average Bonchev–Trinajstić information content (AvgIpc) is 3.32. The summed E-state index contributed by atoms with van der Waals surface area (Å²) in [7, 11) is -3.45.